The Bertz CT molecular complexity index is 1160. The number of aryl methyl sites for hydroxylation is 1. The number of aromatic nitrogens is 2. The lowest BCUT2D eigenvalue weighted by molar-refractivity contribution is 0.103. The zero-order valence-corrected chi connectivity index (χ0v) is 16.5. The molecule has 2 aromatic carbocycles. The Morgan fingerprint density at radius 2 is 1.93 bits per heavy atom. The summed E-state index contributed by atoms with van der Waals surface area (Å²) in [5.74, 6) is 1.10. The van der Waals surface area contributed by atoms with Crippen LogP contribution in [0.3, 0.4) is 0 Å². The topological polar surface area (TPSA) is 76.2 Å². The highest BCUT2D eigenvalue weighted by Crippen LogP contribution is 2.35. The number of hydrogen-bond donors (Lipinski definition) is 2. The molecule has 2 heterocycles. The average Bonchev–Trinajstić information content (AvgIpc) is 3.34. The summed E-state index contributed by atoms with van der Waals surface area (Å²) >= 11 is 1.35. The summed E-state index contributed by atoms with van der Waals surface area (Å²) in [6.07, 6.45) is 1.85. The van der Waals surface area contributed by atoms with Gasteiger partial charge in [-0.2, -0.15) is 0 Å². The van der Waals surface area contributed by atoms with Gasteiger partial charge >= 0.3 is 0 Å². The molecule has 2 aromatic heterocycles. The number of hydrogen-bond acceptors (Lipinski definition) is 5. The fraction of sp³-hybridized carbons (Fsp3) is 0.143. The van der Waals surface area contributed by atoms with Gasteiger partial charge in [0.2, 0.25) is 0 Å². The van der Waals surface area contributed by atoms with Gasteiger partial charge in [-0.1, -0.05) is 6.07 Å². The van der Waals surface area contributed by atoms with Gasteiger partial charge in [0, 0.05) is 22.7 Å². The highest BCUT2D eigenvalue weighted by atomic mass is 32.1. The number of benzene rings is 2. The van der Waals surface area contributed by atoms with E-state index in [1.165, 1.54) is 11.3 Å². The molecule has 0 unspecified atom stereocenters. The van der Waals surface area contributed by atoms with Crippen molar-refractivity contribution in [3.63, 3.8) is 0 Å². The van der Waals surface area contributed by atoms with Crippen LogP contribution in [0, 0.1) is 6.92 Å². The minimum atomic E-state index is -0.171. The Hall–Kier alpha value is -3.32. The lowest BCUT2D eigenvalue weighted by atomic mass is 10.2. The van der Waals surface area contributed by atoms with E-state index in [0.29, 0.717) is 22.1 Å². The molecule has 6 nitrogen and oxygen atoms in total. The first-order chi connectivity index (χ1) is 13.6. The smallest absolute Gasteiger partial charge is 0.267 e. The molecule has 2 N–H and O–H groups in total. The largest absolute Gasteiger partial charge is 0.493 e. The Morgan fingerprint density at radius 1 is 1.11 bits per heavy atom. The number of carbonyl (C=O) groups excluding carboxylic acids is 1. The molecule has 7 heteroatoms. The van der Waals surface area contributed by atoms with Crippen LogP contribution in [0.15, 0.2) is 48.7 Å². The van der Waals surface area contributed by atoms with Gasteiger partial charge in [-0.15, -0.1) is 11.3 Å². The molecule has 0 aliphatic carbocycles. The number of anilines is 1. The molecule has 0 radical (unpaired) electrons. The van der Waals surface area contributed by atoms with Crippen molar-refractivity contribution in [2.24, 2.45) is 0 Å². The van der Waals surface area contributed by atoms with Crippen molar-refractivity contribution in [3.05, 3.63) is 59.2 Å². The van der Waals surface area contributed by atoms with Crippen LogP contribution in [0.5, 0.6) is 11.5 Å². The lowest BCUT2D eigenvalue weighted by Gasteiger charge is -2.08. The molecule has 0 saturated carbocycles. The number of rotatable bonds is 5. The van der Waals surface area contributed by atoms with Crippen molar-refractivity contribution in [1.29, 1.82) is 0 Å². The molecule has 0 fully saturated rings. The third-order valence-corrected chi connectivity index (χ3v) is 5.68. The van der Waals surface area contributed by atoms with Crippen LogP contribution in [0.2, 0.25) is 0 Å². The molecule has 4 aromatic rings. The maximum absolute atomic E-state index is 12.9. The van der Waals surface area contributed by atoms with Gasteiger partial charge in [-0.05, 0) is 43.3 Å². The number of thiazole rings is 1. The molecule has 1 amide bonds. The summed E-state index contributed by atoms with van der Waals surface area (Å²) in [7, 11) is 3.19. The maximum atomic E-state index is 12.9. The number of carbonyl (C=O) groups is 1. The minimum Gasteiger partial charge on any atom is -0.493 e. The first-order valence-corrected chi connectivity index (χ1v) is 9.49. The predicted octanol–water partition coefficient (Wildman–Crippen LogP) is 4.87. The molecule has 0 aliphatic heterocycles. The van der Waals surface area contributed by atoms with Gasteiger partial charge < -0.3 is 19.8 Å². The van der Waals surface area contributed by atoms with E-state index in [1.54, 1.807) is 14.2 Å². The first-order valence-electron chi connectivity index (χ1n) is 8.68. The number of nitrogens with one attached hydrogen (secondary N) is 2. The highest BCUT2D eigenvalue weighted by Gasteiger charge is 2.18. The van der Waals surface area contributed by atoms with Crippen LogP contribution >= 0.6 is 11.3 Å². The van der Waals surface area contributed by atoms with Gasteiger partial charge in [0.05, 0.1) is 25.6 Å². The van der Waals surface area contributed by atoms with E-state index < -0.39 is 0 Å². The molecule has 0 saturated heterocycles. The summed E-state index contributed by atoms with van der Waals surface area (Å²) in [6.45, 7) is 1.84. The van der Waals surface area contributed by atoms with Gasteiger partial charge in [0.15, 0.2) is 11.5 Å². The fourth-order valence-corrected chi connectivity index (χ4v) is 4.03. The number of ether oxygens (including phenoxy) is 2. The SMILES string of the molecule is COc1ccc(-c2nc(C)c(C(=O)Nc3cccc4[nH]ccc34)s2)cc1OC. The van der Waals surface area contributed by atoms with Crippen LogP contribution in [0.25, 0.3) is 21.5 Å². The Balaban J connectivity index is 1.64. The van der Waals surface area contributed by atoms with Crippen LogP contribution in [0.1, 0.15) is 15.4 Å². The second-order valence-electron chi connectivity index (χ2n) is 6.20. The van der Waals surface area contributed by atoms with Crippen molar-refractivity contribution >= 4 is 33.8 Å². The number of aromatic amines is 1. The van der Waals surface area contributed by atoms with Crippen LogP contribution < -0.4 is 14.8 Å². The summed E-state index contributed by atoms with van der Waals surface area (Å²) in [5.41, 5.74) is 3.31. The van der Waals surface area contributed by atoms with E-state index in [4.69, 9.17) is 9.47 Å². The fourth-order valence-electron chi connectivity index (χ4n) is 3.07. The first kappa shape index (κ1) is 18.1. The third kappa shape index (κ3) is 3.20. The molecule has 0 bridgehead atoms. The number of H-pyrrole nitrogens is 1. The lowest BCUT2D eigenvalue weighted by Crippen LogP contribution is -2.11. The molecule has 142 valence electrons. The van der Waals surface area contributed by atoms with Crippen LogP contribution in [0.4, 0.5) is 5.69 Å². The summed E-state index contributed by atoms with van der Waals surface area (Å²) in [4.78, 5) is 21.2. The molecular weight excluding hydrogens is 374 g/mol. The van der Waals surface area contributed by atoms with Crippen molar-refractivity contribution in [2.75, 3.05) is 19.5 Å². The zero-order chi connectivity index (χ0) is 19.7. The van der Waals surface area contributed by atoms with Gasteiger partial charge in [0.25, 0.3) is 5.91 Å². The Labute approximate surface area is 166 Å². The van der Waals surface area contributed by atoms with E-state index in [2.05, 4.69) is 15.3 Å². The number of methoxy groups -OCH3 is 2. The molecule has 4 rings (SSSR count). The van der Waals surface area contributed by atoms with Gasteiger partial charge in [0.1, 0.15) is 9.88 Å². The number of fused-ring (bicyclic) bond motifs is 1. The van der Waals surface area contributed by atoms with E-state index in [-0.39, 0.29) is 5.91 Å². The Kier molecular flexibility index (Phi) is 4.75. The second kappa shape index (κ2) is 7.36. The van der Waals surface area contributed by atoms with Crippen LogP contribution in [-0.4, -0.2) is 30.1 Å². The van der Waals surface area contributed by atoms with Crippen molar-refractivity contribution in [3.8, 4) is 22.1 Å². The van der Waals surface area contributed by atoms with E-state index in [0.717, 1.165) is 27.2 Å². The summed E-state index contributed by atoms with van der Waals surface area (Å²) < 4.78 is 10.6. The van der Waals surface area contributed by atoms with E-state index >= 15 is 0 Å². The molecule has 28 heavy (non-hydrogen) atoms. The summed E-state index contributed by atoms with van der Waals surface area (Å²) in [5, 5.41) is 4.72. The molecular formula is C21H19N3O3S. The summed E-state index contributed by atoms with van der Waals surface area (Å²) in [6, 6.07) is 13.3. The quantitative estimate of drug-likeness (QED) is 0.507. The Morgan fingerprint density at radius 3 is 2.71 bits per heavy atom. The third-order valence-electron chi connectivity index (χ3n) is 4.48. The average molecular weight is 393 g/mol. The standard InChI is InChI=1S/C21H19N3O3S/c1-12-19(20(25)24-16-6-4-5-15-14(16)9-10-22-15)28-21(23-12)13-7-8-17(26-2)18(11-13)27-3/h4-11,22H,1-3H3,(H,24,25). The zero-order valence-electron chi connectivity index (χ0n) is 15.7. The minimum absolute atomic E-state index is 0.171. The number of nitrogens with zero attached hydrogens (tertiary/aromatic N) is 1. The van der Waals surface area contributed by atoms with Crippen molar-refractivity contribution < 1.29 is 14.3 Å². The predicted molar refractivity (Wildman–Crippen MR) is 112 cm³/mol. The van der Waals surface area contributed by atoms with Gasteiger partial charge in [-0.25, -0.2) is 4.98 Å². The van der Waals surface area contributed by atoms with E-state index in [9.17, 15) is 4.79 Å². The normalized spacial score (nSPS) is 10.8. The molecule has 0 spiro atoms. The van der Waals surface area contributed by atoms with Crippen molar-refractivity contribution in [1.82, 2.24) is 9.97 Å². The van der Waals surface area contributed by atoms with Gasteiger partial charge in [-0.3, -0.25) is 4.79 Å². The second-order valence-corrected chi connectivity index (χ2v) is 7.20. The molecule has 0 atom stereocenters. The van der Waals surface area contributed by atoms with Crippen molar-refractivity contribution in [2.45, 2.75) is 6.92 Å². The maximum Gasteiger partial charge on any atom is 0.267 e. The monoisotopic (exact) mass is 393 g/mol. The number of amides is 1. The molecule has 0 aliphatic rings. The van der Waals surface area contributed by atoms with E-state index in [1.807, 2.05) is 55.6 Å². The van der Waals surface area contributed by atoms with Crippen LogP contribution in [-0.2, 0) is 0 Å². The highest BCUT2D eigenvalue weighted by molar-refractivity contribution is 7.17.